The number of aryl methyl sites for hydroxylation is 3. The average molecular weight is 285 g/mol. The Kier molecular flexibility index (Phi) is 2.97. The summed E-state index contributed by atoms with van der Waals surface area (Å²) >= 11 is 0. The summed E-state index contributed by atoms with van der Waals surface area (Å²) in [7, 11) is 1.93. The first kappa shape index (κ1) is 13.3. The molecule has 0 saturated carbocycles. The summed E-state index contributed by atoms with van der Waals surface area (Å²) in [6.07, 6.45) is 0.884. The fourth-order valence-corrected chi connectivity index (χ4v) is 2.59. The molecule has 0 bridgehead atoms. The van der Waals surface area contributed by atoms with Crippen LogP contribution in [-0.2, 0) is 13.5 Å². The minimum atomic E-state index is -0.409. The molecule has 108 valence electrons. The van der Waals surface area contributed by atoms with Gasteiger partial charge in [-0.2, -0.15) is 5.10 Å². The molecule has 0 spiro atoms. The Morgan fingerprint density at radius 1 is 1.24 bits per heavy atom. The third-order valence-corrected chi connectivity index (χ3v) is 3.66. The van der Waals surface area contributed by atoms with E-state index < -0.39 is 4.92 Å². The maximum atomic E-state index is 10.7. The van der Waals surface area contributed by atoms with Crippen LogP contribution in [0, 0.1) is 17.0 Å². The van der Waals surface area contributed by atoms with E-state index in [1.54, 1.807) is 16.8 Å². The van der Waals surface area contributed by atoms with Crippen LogP contribution in [-0.4, -0.2) is 24.3 Å². The number of hydrogen-bond donors (Lipinski definition) is 0. The van der Waals surface area contributed by atoms with Gasteiger partial charge in [-0.05, 0) is 25.5 Å². The van der Waals surface area contributed by atoms with E-state index in [-0.39, 0.29) is 5.69 Å². The maximum absolute atomic E-state index is 10.7. The highest BCUT2D eigenvalue weighted by Crippen LogP contribution is 2.24. The van der Waals surface area contributed by atoms with Gasteiger partial charge in [-0.1, -0.05) is 6.92 Å². The van der Waals surface area contributed by atoms with Crippen LogP contribution >= 0.6 is 0 Å². The minimum absolute atomic E-state index is 0.0721. The van der Waals surface area contributed by atoms with Gasteiger partial charge >= 0.3 is 0 Å². The van der Waals surface area contributed by atoms with Crippen molar-refractivity contribution < 1.29 is 4.92 Å². The molecule has 0 saturated heterocycles. The largest absolute Gasteiger partial charge is 0.310 e. The Labute approximate surface area is 121 Å². The van der Waals surface area contributed by atoms with Crippen molar-refractivity contribution in [1.29, 1.82) is 0 Å². The van der Waals surface area contributed by atoms with Gasteiger partial charge in [0.1, 0.15) is 0 Å². The third-order valence-electron chi connectivity index (χ3n) is 3.66. The fraction of sp³-hybridized carbons (Fsp3) is 0.286. The zero-order valence-electron chi connectivity index (χ0n) is 12.1. The van der Waals surface area contributed by atoms with Gasteiger partial charge in [-0.3, -0.25) is 10.1 Å². The van der Waals surface area contributed by atoms with E-state index in [0.717, 1.165) is 34.7 Å². The van der Waals surface area contributed by atoms with Gasteiger partial charge < -0.3 is 4.57 Å². The van der Waals surface area contributed by atoms with E-state index in [2.05, 4.69) is 17.1 Å². The lowest BCUT2D eigenvalue weighted by molar-refractivity contribution is -0.384. The van der Waals surface area contributed by atoms with E-state index in [4.69, 9.17) is 0 Å². The molecular formula is C14H15N5O2. The molecule has 21 heavy (non-hydrogen) atoms. The van der Waals surface area contributed by atoms with Crippen molar-refractivity contribution in [3.8, 4) is 11.4 Å². The van der Waals surface area contributed by atoms with Gasteiger partial charge in [0.25, 0.3) is 5.69 Å². The summed E-state index contributed by atoms with van der Waals surface area (Å²) < 4.78 is 3.60. The Balaban J connectivity index is 2.14. The Morgan fingerprint density at radius 2 is 1.90 bits per heavy atom. The molecule has 0 amide bonds. The molecule has 0 radical (unpaired) electrons. The number of nitro benzene ring substituents is 1. The van der Waals surface area contributed by atoms with Crippen molar-refractivity contribution in [1.82, 2.24) is 19.4 Å². The van der Waals surface area contributed by atoms with Gasteiger partial charge in [-0.15, -0.1) is 9.73 Å². The molecule has 3 rings (SSSR count). The highest BCUT2D eigenvalue weighted by molar-refractivity contribution is 5.63. The zero-order valence-corrected chi connectivity index (χ0v) is 12.1. The summed E-state index contributed by atoms with van der Waals surface area (Å²) in [6.45, 7) is 4.06. The maximum Gasteiger partial charge on any atom is 0.269 e. The van der Waals surface area contributed by atoms with Crippen LogP contribution in [0.4, 0.5) is 5.69 Å². The molecule has 0 aliphatic rings. The molecule has 0 fully saturated rings. The van der Waals surface area contributed by atoms with Crippen molar-refractivity contribution in [3.05, 3.63) is 45.6 Å². The summed E-state index contributed by atoms with van der Waals surface area (Å²) in [6, 6.07) is 6.38. The second-order valence-corrected chi connectivity index (χ2v) is 4.92. The van der Waals surface area contributed by atoms with Crippen molar-refractivity contribution in [2.24, 2.45) is 7.05 Å². The van der Waals surface area contributed by atoms with E-state index in [9.17, 15) is 10.1 Å². The molecule has 0 aliphatic carbocycles. The number of fused-ring (bicyclic) bond motifs is 1. The highest BCUT2D eigenvalue weighted by Gasteiger charge is 2.17. The Bertz CT molecular complexity index is 829. The van der Waals surface area contributed by atoms with Crippen molar-refractivity contribution in [2.45, 2.75) is 20.3 Å². The van der Waals surface area contributed by atoms with E-state index in [0.29, 0.717) is 0 Å². The number of benzene rings is 1. The number of non-ortho nitro benzene ring substituents is 1. The summed E-state index contributed by atoms with van der Waals surface area (Å²) in [4.78, 5) is 10.3. The summed E-state index contributed by atoms with van der Waals surface area (Å²) in [5.74, 6) is 0.738. The summed E-state index contributed by atoms with van der Waals surface area (Å²) in [5, 5.41) is 19.6. The molecule has 3 aromatic rings. The van der Waals surface area contributed by atoms with Crippen LogP contribution in [0.1, 0.15) is 18.2 Å². The predicted octanol–water partition coefficient (Wildman–Crippen LogP) is 2.51. The van der Waals surface area contributed by atoms with Crippen LogP contribution in [0.2, 0.25) is 0 Å². The van der Waals surface area contributed by atoms with Gasteiger partial charge in [0.2, 0.25) is 0 Å². The molecule has 0 aliphatic heterocycles. The molecule has 2 heterocycles. The minimum Gasteiger partial charge on any atom is -0.310 e. The van der Waals surface area contributed by atoms with Crippen LogP contribution < -0.4 is 0 Å². The van der Waals surface area contributed by atoms with Crippen molar-refractivity contribution in [3.63, 3.8) is 0 Å². The number of nitro groups is 1. The monoisotopic (exact) mass is 285 g/mol. The van der Waals surface area contributed by atoms with E-state index >= 15 is 0 Å². The second kappa shape index (κ2) is 4.69. The van der Waals surface area contributed by atoms with E-state index in [1.807, 2.05) is 18.5 Å². The lowest BCUT2D eigenvalue weighted by Gasteiger charge is -2.02. The van der Waals surface area contributed by atoms with Crippen LogP contribution in [0.3, 0.4) is 0 Å². The summed E-state index contributed by atoms with van der Waals surface area (Å²) in [5.41, 5.74) is 4.00. The standard InChI is InChI=1S/C14H15N5O2/c1-4-12-9(2)15-18-14(12)17(3)13(16-18)10-5-7-11(8-6-10)19(20)21/h5-8H,4H2,1-3H3. The number of hydrogen-bond acceptors (Lipinski definition) is 4. The lowest BCUT2D eigenvalue weighted by Crippen LogP contribution is -1.96. The molecule has 2 aromatic heterocycles. The Hall–Kier alpha value is -2.70. The van der Waals surface area contributed by atoms with Crippen molar-refractivity contribution >= 4 is 11.3 Å². The molecule has 7 nitrogen and oxygen atoms in total. The highest BCUT2D eigenvalue weighted by atomic mass is 16.6. The van der Waals surface area contributed by atoms with Crippen LogP contribution in [0.5, 0.6) is 0 Å². The van der Waals surface area contributed by atoms with Gasteiger partial charge in [0.05, 0.1) is 10.6 Å². The first-order valence-corrected chi connectivity index (χ1v) is 6.69. The average Bonchev–Trinajstić information content (AvgIpc) is 2.94. The van der Waals surface area contributed by atoms with Gasteiger partial charge in [0, 0.05) is 30.3 Å². The number of rotatable bonds is 3. The second-order valence-electron chi connectivity index (χ2n) is 4.92. The predicted molar refractivity (Wildman–Crippen MR) is 78.2 cm³/mol. The third kappa shape index (κ3) is 1.97. The molecule has 0 N–H and O–H groups in total. The first-order valence-electron chi connectivity index (χ1n) is 6.69. The smallest absolute Gasteiger partial charge is 0.269 e. The Morgan fingerprint density at radius 3 is 2.48 bits per heavy atom. The van der Waals surface area contributed by atoms with Crippen LogP contribution in [0.15, 0.2) is 24.3 Å². The molecule has 0 unspecified atom stereocenters. The van der Waals surface area contributed by atoms with Gasteiger partial charge in [0.15, 0.2) is 11.5 Å². The quantitative estimate of drug-likeness (QED) is 0.547. The van der Waals surface area contributed by atoms with Crippen molar-refractivity contribution in [2.75, 3.05) is 0 Å². The molecule has 0 atom stereocenters. The molecular weight excluding hydrogens is 270 g/mol. The number of aromatic nitrogens is 4. The van der Waals surface area contributed by atoms with Crippen LogP contribution in [0.25, 0.3) is 17.0 Å². The topological polar surface area (TPSA) is 78.3 Å². The zero-order chi connectivity index (χ0) is 15.1. The normalized spacial score (nSPS) is 11.2. The van der Waals surface area contributed by atoms with E-state index in [1.165, 1.54) is 12.1 Å². The molecule has 1 aromatic carbocycles. The lowest BCUT2D eigenvalue weighted by atomic mass is 10.2. The first-order chi connectivity index (χ1) is 10.0. The molecule has 7 heteroatoms. The number of nitrogens with zero attached hydrogens (tertiary/aromatic N) is 5. The van der Waals surface area contributed by atoms with Gasteiger partial charge in [-0.25, -0.2) is 0 Å². The fourth-order valence-electron chi connectivity index (χ4n) is 2.59. The SMILES string of the molecule is CCc1c(C)nn2nc(-c3ccc([N+](=O)[O-])cc3)n(C)c12.